The fraction of sp³-hybridized carbons (Fsp3) is 0.632. The third-order valence-electron chi connectivity index (χ3n) is 4.52. The summed E-state index contributed by atoms with van der Waals surface area (Å²) in [4.78, 5) is 13.0. The van der Waals surface area contributed by atoms with Crippen molar-refractivity contribution < 1.29 is 13.2 Å². The topological polar surface area (TPSA) is 92.5 Å². The highest BCUT2D eigenvalue weighted by Gasteiger charge is 2.28. The highest BCUT2D eigenvalue weighted by atomic mass is 32.2. The van der Waals surface area contributed by atoms with E-state index in [1.807, 2.05) is 6.92 Å². The first-order valence-corrected chi connectivity index (χ1v) is 10.6. The van der Waals surface area contributed by atoms with Crippen LogP contribution in [-0.2, 0) is 10.0 Å². The molecule has 0 heterocycles. The standard InChI is InChI=1S/C19H33N3O3S/c1-7-22(8-2)26(24,25)16-10-9-15(5)17(11-16)18(23)21-19(6,13-20)12-14(3)4/h9-11,14H,7-8,12-13,20H2,1-6H3,(H,21,23). The number of aryl methyl sites for hydroxylation is 1. The van der Waals surface area contributed by atoms with Crippen molar-refractivity contribution in [3.8, 4) is 0 Å². The van der Waals surface area contributed by atoms with Gasteiger partial charge in [-0.05, 0) is 43.9 Å². The van der Waals surface area contributed by atoms with Gasteiger partial charge in [-0.2, -0.15) is 4.31 Å². The molecular weight excluding hydrogens is 350 g/mol. The highest BCUT2D eigenvalue weighted by Crippen LogP contribution is 2.21. The van der Waals surface area contributed by atoms with Crippen molar-refractivity contribution in [3.63, 3.8) is 0 Å². The number of benzene rings is 1. The predicted molar refractivity (Wildman–Crippen MR) is 106 cm³/mol. The molecule has 1 unspecified atom stereocenters. The Balaban J connectivity index is 3.24. The van der Waals surface area contributed by atoms with E-state index in [-0.39, 0.29) is 10.8 Å². The molecule has 0 aliphatic carbocycles. The molecular formula is C19H33N3O3S. The third kappa shape index (κ3) is 5.28. The molecule has 0 saturated carbocycles. The zero-order valence-corrected chi connectivity index (χ0v) is 17.6. The van der Waals surface area contributed by atoms with Crippen molar-refractivity contribution in [2.45, 2.75) is 58.4 Å². The average Bonchev–Trinajstić information content (AvgIpc) is 2.54. The van der Waals surface area contributed by atoms with Crippen molar-refractivity contribution in [3.05, 3.63) is 29.3 Å². The second kappa shape index (κ2) is 8.97. The number of hydrogen-bond acceptors (Lipinski definition) is 4. The molecule has 1 rings (SSSR count). The maximum absolute atomic E-state index is 12.8. The quantitative estimate of drug-likeness (QED) is 0.685. The number of nitrogens with zero attached hydrogens (tertiary/aromatic N) is 1. The lowest BCUT2D eigenvalue weighted by molar-refractivity contribution is 0.0897. The van der Waals surface area contributed by atoms with Crippen LogP contribution in [0.1, 0.15) is 57.0 Å². The van der Waals surface area contributed by atoms with Gasteiger partial charge in [-0.3, -0.25) is 4.79 Å². The third-order valence-corrected chi connectivity index (χ3v) is 6.57. The van der Waals surface area contributed by atoms with Crippen LogP contribution in [0.25, 0.3) is 0 Å². The molecule has 0 aromatic heterocycles. The Morgan fingerprint density at radius 2 is 1.85 bits per heavy atom. The molecule has 6 nitrogen and oxygen atoms in total. The van der Waals surface area contributed by atoms with Gasteiger partial charge in [-0.1, -0.05) is 33.8 Å². The molecule has 0 saturated heterocycles. The molecule has 0 fully saturated rings. The molecule has 0 bridgehead atoms. The zero-order valence-electron chi connectivity index (χ0n) is 16.8. The Morgan fingerprint density at radius 1 is 1.27 bits per heavy atom. The molecule has 26 heavy (non-hydrogen) atoms. The smallest absolute Gasteiger partial charge is 0.252 e. The van der Waals surface area contributed by atoms with E-state index in [1.54, 1.807) is 32.9 Å². The van der Waals surface area contributed by atoms with E-state index >= 15 is 0 Å². The minimum atomic E-state index is -3.61. The van der Waals surface area contributed by atoms with Crippen LogP contribution in [0.5, 0.6) is 0 Å². The van der Waals surface area contributed by atoms with Crippen LogP contribution in [0.15, 0.2) is 23.1 Å². The maximum Gasteiger partial charge on any atom is 0.252 e. The monoisotopic (exact) mass is 383 g/mol. The van der Waals surface area contributed by atoms with Crippen LogP contribution < -0.4 is 11.1 Å². The van der Waals surface area contributed by atoms with E-state index in [0.717, 1.165) is 12.0 Å². The number of sulfonamides is 1. The van der Waals surface area contributed by atoms with Gasteiger partial charge in [0, 0.05) is 30.7 Å². The first-order chi connectivity index (χ1) is 12.0. The summed E-state index contributed by atoms with van der Waals surface area (Å²) in [7, 11) is -3.61. The van der Waals surface area contributed by atoms with Crippen molar-refractivity contribution in [1.29, 1.82) is 0 Å². The van der Waals surface area contributed by atoms with E-state index in [0.29, 0.717) is 31.1 Å². The fourth-order valence-electron chi connectivity index (χ4n) is 3.15. The van der Waals surface area contributed by atoms with Gasteiger partial charge < -0.3 is 11.1 Å². The lowest BCUT2D eigenvalue weighted by atomic mass is 9.90. The van der Waals surface area contributed by atoms with Gasteiger partial charge in [0.2, 0.25) is 10.0 Å². The Hall–Kier alpha value is -1.44. The molecule has 0 spiro atoms. The molecule has 3 N–H and O–H groups in total. The fourth-order valence-corrected chi connectivity index (χ4v) is 4.63. The lowest BCUT2D eigenvalue weighted by Gasteiger charge is -2.31. The van der Waals surface area contributed by atoms with Gasteiger partial charge in [-0.25, -0.2) is 8.42 Å². The van der Waals surface area contributed by atoms with E-state index < -0.39 is 15.6 Å². The van der Waals surface area contributed by atoms with Gasteiger partial charge in [0.25, 0.3) is 5.91 Å². The van der Waals surface area contributed by atoms with Crippen LogP contribution >= 0.6 is 0 Å². The lowest BCUT2D eigenvalue weighted by Crippen LogP contribution is -2.52. The van der Waals surface area contributed by atoms with E-state index in [2.05, 4.69) is 19.2 Å². The summed E-state index contributed by atoms with van der Waals surface area (Å²) in [5, 5.41) is 3.00. The zero-order chi connectivity index (χ0) is 20.1. The molecule has 0 aliphatic rings. The molecule has 0 radical (unpaired) electrons. The maximum atomic E-state index is 12.8. The summed E-state index contributed by atoms with van der Waals surface area (Å²) in [6.45, 7) is 12.5. The molecule has 1 aromatic rings. The molecule has 0 aliphatic heterocycles. The first-order valence-electron chi connectivity index (χ1n) is 9.14. The highest BCUT2D eigenvalue weighted by molar-refractivity contribution is 7.89. The van der Waals surface area contributed by atoms with E-state index in [9.17, 15) is 13.2 Å². The van der Waals surface area contributed by atoms with Crippen LogP contribution in [0.3, 0.4) is 0 Å². The van der Waals surface area contributed by atoms with Gasteiger partial charge in [0.1, 0.15) is 0 Å². The summed E-state index contributed by atoms with van der Waals surface area (Å²) < 4.78 is 26.9. The number of nitrogens with one attached hydrogen (secondary N) is 1. The Bertz CT molecular complexity index is 728. The Labute approximate surface area is 158 Å². The van der Waals surface area contributed by atoms with Crippen LogP contribution in [0.4, 0.5) is 0 Å². The predicted octanol–water partition coefficient (Wildman–Crippen LogP) is 2.52. The minimum Gasteiger partial charge on any atom is -0.346 e. The van der Waals surface area contributed by atoms with E-state index in [1.165, 1.54) is 10.4 Å². The summed E-state index contributed by atoms with van der Waals surface area (Å²) in [5.41, 5.74) is 6.43. The normalized spacial score (nSPS) is 14.5. The van der Waals surface area contributed by atoms with Crippen molar-refractivity contribution in [2.75, 3.05) is 19.6 Å². The van der Waals surface area contributed by atoms with Gasteiger partial charge in [0.05, 0.1) is 4.90 Å². The van der Waals surface area contributed by atoms with Crippen molar-refractivity contribution >= 4 is 15.9 Å². The molecule has 7 heteroatoms. The number of amides is 1. The Kier molecular flexibility index (Phi) is 7.80. The number of carbonyl (C=O) groups is 1. The second-order valence-electron chi connectivity index (χ2n) is 7.38. The number of rotatable bonds is 9. The van der Waals surface area contributed by atoms with Gasteiger partial charge >= 0.3 is 0 Å². The summed E-state index contributed by atoms with van der Waals surface area (Å²) in [6.07, 6.45) is 0.742. The van der Waals surface area contributed by atoms with Crippen LogP contribution in [0.2, 0.25) is 0 Å². The number of hydrogen-bond donors (Lipinski definition) is 2. The van der Waals surface area contributed by atoms with Crippen molar-refractivity contribution in [2.24, 2.45) is 11.7 Å². The molecule has 1 atom stereocenters. The van der Waals surface area contributed by atoms with E-state index in [4.69, 9.17) is 5.73 Å². The Morgan fingerprint density at radius 3 is 2.31 bits per heavy atom. The van der Waals surface area contributed by atoms with Crippen LogP contribution in [0, 0.1) is 12.8 Å². The summed E-state index contributed by atoms with van der Waals surface area (Å²) in [5.74, 6) is 0.0759. The average molecular weight is 384 g/mol. The first kappa shape index (κ1) is 22.6. The minimum absolute atomic E-state index is 0.135. The summed E-state index contributed by atoms with van der Waals surface area (Å²) >= 11 is 0. The van der Waals surface area contributed by atoms with Crippen LogP contribution in [-0.4, -0.2) is 43.8 Å². The van der Waals surface area contributed by atoms with Gasteiger partial charge in [0.15, 0.2) is 0 Å². The largest absolute Gasteiger partial charge is 0.346 e. The summed E-state index contributed by atoms with van der Waals surface area (Å²) in [6, 6.07) is 4.69. The second-order valence-corrected chi connectivity index (χ2v) is 9.32. The number of carbonyl (C=O) groups excluding carboxylic acids is 1. The molecule has 1 amide bonds. The van der Waals surface area contributed by atoms with Gasteiger partial charge in [-0.15, -0.1) is 0 Å². The number of nitrogens with two attached hydrogens (primary N) is 1. The van der Waals surface area contributed by atoms with Crippen molar-refractivity contribution in [1.82, 2.24) is 9.62 Å². The SMILES string of the molecule is CCN(CC)S(=O)(=O)c1ccc(C)c(C(=O)NC(C)(CN)CC(C)C)c1. The molecule has 148 valence electrons. The molecule has 1 aromatic carbocycles.